The molecule has 0 bridgehead atoms. The number of ether oxygens (including phenoxy) is 2. The summed E-state index contributed by atoms with van der Waals surface area (Å²) in [6.07, 6.45) is 0.768. The van der Waals surface area contributed by atoms with Crippen LogP contribution in [0.15, 0.2) is 22.7 Å². The maximum atomic E-state index is 10.8. The number of rotatable bonds is 5. The van der Waals surface area contributed by atoms with E-state index in [-0.39, 0.29) is 5.76 Å². The number of carbonyl (C=O) groups is 1. The molecule has 0 aliphatic heterocycles. The number of carboxylic acids is 1. The molecule has 0 atom stereocenters. The predicted octanol–water partition coefficient (Wildman–Crippen LogP) is 2.62. The molecule has 1 aromatic carbocycles. The fraction of sp³-hybridized carbons (Fsp3) is 0.286. The van der Waals surface area contributed by atoms with Crippen molar-refractivity contribution in [2.24, 2.45) is 0 Å². The van der Waals surface area contributed by atoms with Gasteiger partial charge >= 0.3 is 5.97 Å². The minimum Gasteiger partial charge on any atom is -0.496 e. The molecule has 20 heavy (non-hydrogen) atoms. The molecule has 0 fully saturated rings. The molecule has 0 radical (unpaired) electrons. The zero-order valence-electron chi connectivity index (χ0n) is 11.5. The van der Waals surface area contributed by atoms with Gasteiger partial charge in [0.1, 0.15) is 17.2 Å². The van der Waals surface area contributed by atoms with Crippen molar-refractivity contribution in [3.05, 3.63) is 29.5 Å². The summed E-state index contributed by atoms with van der Waals surface area (Å²) in [6.45, 7) is 2.00. The smallest absolute Gasteiger partial charge is 0.374 e. The van der Waals surface area contributed by atoms with Crippen LogP contribution in [0.1, 0.15) is 23.0 Å². The van der Waals surface area contributed by atoms with Crippen LogP contribution in [0.5, 0.6) is 11.5 Å². The average molecular weight is 277 g/mol. The maximum absolute atomic E-state index is 10.8. The topological polar surface area (TPSA) is 81.8 Å². The Morgan fingerprint density at radius 3 is 2.45 bits per heavy atom. The van der Waals surface area contributed by atoms with Crippen molar-refractivity contribution in [1.82, 2.24) is 5.16 Å². The standard InChI is InChI=1S/C14H15NO5/c1-4-8-5-9(12(19-3)7-11(8)18-2)10-6-13(14(16)17)20-15-10/h5-7H,4H2,1-3H3,(H,16,17). The number of benzene rings is 1. The zero-order chi connectivity index (χ0) is 14.7. The van der Waals surface area contributed by atoms with Crippen LogP contribution in [-0.4, -0.2) is 30.5 Å². The molecule has 0 saturated carbocycles. The molecular formula is C14H15NO5. The molecule has 2 aromatic rings. The van der Waals surface area contributed by atoms with Crippen molar-refractivity contribution in [3.8, 4) is 22.8 Å². The van der Waals surface area contributed by atoms with E-state index in [0.29, 0.717) is 17.0 Å². The normalized spacial score (nSPS) is 10.3. The summed E-state index contributed by atoms with van der Waals surface area (Å²) in [5.41, 5.74) is 2.06. The molecule has 6 heteroatoms. The van der Waals surface area contributed by atoms with Gasteiger partial charge in [0, 0.05) is 17.7 Å². The summed E-state index contributed by atoms with van der Waals surface area (Å²) in [7, 11) is 3.12. The lowest BCUT2D eigenvalue weighted by molar-refractivity contribution is 0.0652. The number of nitrogens with zero attached hydrogens (tertiary/aromatic N) is 1. The second-order valence-corrected chi connectivity index (χ2v) is 4.10. The highest BCUT2D eigenvalue weighted by molar-refractivity contribution is 5.86. The number of aromatic carboxylic acids is 1. The lowest BCUT2D eigenvalue weighted by Gasteiger charge is -2.12. The van der Waals surface area contributed by atoms with E-state index in [1.54, 1.807) is 13.2 Å². The lowest BCUT2D eigenvalue weighted by Crippen LogP contribution is -1.95. The third kappa shape index (κ3) is 2.45. The summed E-state index contributed by atoms with van der Waals surface area (Å²) in [6, 6.07) is 4.98. The largest absolute Gasteiger partial charge is 0.496 e. The van der Waals surface area contributed by atoms with Crippen molar-refractivity contribution in [1.29, 1.82) is 0 Å². The molecule has 0 amide bonds. The Morgan fingerprint density at radius 2 is 1.95 bits per heavy atom. The fourth-order valence-electron chi connectivity index (χ4n) is 1.94. The number of aromatic nitrogens is 1. The van der Waals surface area contributed by atoms with Gasteiger partial charge in [-0.1, -0.05) is 12.1 Å². The van der Waals surface area contributed by atoms with Crippen LogP contribution in [0.25, 0.3) is 11.3 Å². The third-order valence-corrected chi connectivity index (χ3v) is 2.98. The molecule has 1 aromatic heterocycles. The van der Waals surface area contributed by atoms with Gasteiger partial charge in [-0.2, -0.15) is 0 Å². The van der Waals surface area contributed by atoms with Crippen molar-refractivity contribution in [2.75, 3.05) is 14.2 Å². The van der Waals surface area contributed by atoms with E-state index in [9.17, 15) is 4.79 Å². The predicted molar refractivity (Wildman–Crippen MR) is 71.4 cm³/mol. The van der Waals surface area contributed by atoms with E-state index < -0.39 is 5.97 Å². The first-order valence-electron chi connectivity index (χ1n) is 6.06. The van der Waals surface area contributed by atoms with Crippen molar-refractivity contribution in [2.45, 2.75) is 13.3 Å². The van der Waals surface area contributed by atoms with E-state index in [1.165, 1.54) is 13.2 Å². The van der Waals surface area contributed by atoms with Crippen LogP contribution in [0.2, 0.25) is 0 Å². The summed E-state index contributed by atoms with van der Waals surface area (Å²) in [5, 5.41) is 12.6. The number of carboxylic acid groups (broad SMARTS) is 1. The molecule has 1 N–H and O–H groups in total. The van der Waals surface area contributed by atoms with Crippen LogP contribution in [0.3, 0.4) is 0 Å². The van der Waals surface area contributed by atoms with E-state index in [4.69, 9.17) is 19.1 Å². The van der Waals surface area contributed by atoms with E-state index in [0.717, 1.165) is 17.7 Å². The summed E-state index contributed by atoms with van der Waals surface area (Å²) in [4.78, 5) is 10.8. The van der Waals surface area contributed by atoms with Gasteiger partial charge in [-0.3, -0.25) is 0 Å². The second-order valence-electron chi connectivity index (χ2n) is 4.10. The Kier molecular flexibility index (Phi) is 3.93. The summed E-state index contributed by atoms with van der Waals surface area (Å²) >= 11 is 0. The number of hydrogen-bond donors (Lipinski definition) is 1. The SMILES string of the molecule is CCc1cc(-c2cc(C(=O)O)on2)c(OC)cc1OC. The Balaban J connectivity index is 2.56. The highest BCUT2D eigenvalue weighted by atomic mass is 16.5. The first kappa shape index (κ1) is 13.9. The summed E-state index contributed by atoms with van der Waals surface area (Å²) < 4.78 is 15.4. The number of aryl methyl sites for hydroxylation is 1. The van der Waals surface area contributed by atoms with Crippen LogP contribution in [-0.2, 0) is 6.42 Å². The van der Waals surface area contributed by atoms with Crippen molar-refractivity contribution in [3.63, 3.8) is 0 Å². The van der Waals surface area contributed by atoms with E-state index in [2.05, 4.69) is 5.16 Å². The fourth-order valence-corrected chi connectivity index (χ4v) is 1.94. The third-order valence-electron chi connectivity index (χ3n) is 2.98. The molecule has 0 unspecified atom stereocenters. The Hall–Kier alpha value is -2.50. The lowest BCUT2D eigenvalue weighted by atomic mass is 10.0. The van der Waals surface area contributed by atoms with E-state index >= 15 is 0 Å². The van der Waals surface area contributed by atoms with Gasteiger partial charge in [-0.05, 0) is 18.1 Å². The van der Waals surface area contributed by atoms with Crippen molar-refractivity contribution < 1.29 is 23.9 Å². The van der Waals surface area contributed by atoms with Gasteiger partial charge in [-0.15, -0.1) is 0 Å². The molecule has 1 heterocycles. The minimum atomic E-state index is -1.16. The zero-order valence-corrected chi connectivity index (χ0v) is 11.5. The second kappa shape index (κ2) is 5.64. The first-order chi connectivity index (χ1) is 9.60. The molecule has 106 valence electrons. The first-order valence-corrected chi connectivity index (χ1v) is 6.06. The average Bonchev–Trinajstić information content (AvgIpc) is 2.95. The van der Waals surface area contributed by atoms with Gasteiger partial charge in [0.2, 0.25) is 5.76 Å². The van der Waals surface area contributed by atoms with Crippen LogP contribution >= 0.6 is 0 Å². The monoisotopic (exact) mass is 277 g/mol. The van der Waals surface area contributed by atoms with Gasteiger partial charge in [-0.25, -0.2) is 4.79 Å². The van der Waals surface area contributed by atoms with Crippen LogP contribution in [0.4, 0.5) is 0 Å². The van der Waals surface area contributed by atoms with E-state index in [1.807, 2.05) is 13.0 Å². The Morgan fingerprint density at radius 1 is 1.25 bits per heavy atom. The van der Waals surface area contributed by atoms with Gasteiger partial charge in [0.15, 0.2) is 0 Å². The molecule has 0 aliphatic rings. The number of hydrogen-bond acceptors (Lipinski definition) is 5. The molecule has 0 saturated heterocycles. The molecule has 6 nitrogen and oxygen atoms in total. The van der Waals surface area contributed by atoms with Crippen LogP contribution < -0.4 is 9.47 Å². The number of methoxy groups -OCH3 is 2. The van der Waals surface area contributed by atoms with Gasteiger partial charge in [0.25, 0.3) is 0 Å². The highest BCUT2D eigenvalue weighted by Gasteiger charge is 2.17. The van der Waals surface area contributed by atoms with Gasteiger partial charge < -0.3 is 19.1 Å². The quantitative estimate of drug-likeness (QED) is 0.904. The highest BCUT2D eigenvalue weighted by Crippen LogP contribution is 2.36. The maximum Gasteiger partial charge on any atom is 0.374 e. The molecule has 2 rings (SSSR count). The summed E-state index contributed by atoms with van der Waals surface area (Å²) in [5.74, 6) is -0.109. The Bertz CT molecular complexity index is 632. The van der Waals surface area contributed by atoms with Crippen molar-refractivity contribution >= 4 is 5.97 Å². The molecule has 0 spiro atoms. The van der Waals surface area contributed by atoms with Crippen LogP contribution in [0, 0.1) is 0 Å². The molecular weight excluding hydrogens is 262 g/mol. The Labute approximate surface area is 115 Å². The molecule has 0 aliphatic carbocycles. The minimum absolute atomic E-state index is 0.212. The van der Waals surface area contributed by atoms with Gasteiger partial charge in [0.05, 0.1) is 14.2 Å².